The summed E-state index contributed by atoms with van der Waals surface area (Å²) in [4.78, 5) is 48.6. The van der Waals surface area contributed by atoms with Crippen molar-refractivity contribution in [3.63, 3.8) is 0 Å². The molecule has 0 aromatic heterocycles. The standard InChI is InChI=1S/C18H35N5O6S2/c1-10(24)14(17(27)22-13(9-30)18(28)29)23-16(26)12(6-8-31-2)21-15(25)11(20)5-3-4-7-19/h10-14,24,30H,3-9,19-20H2,1-2H3,(H,21,25)(H,22,27)(H,23,26)(H,28,29). The van der Waals surface area contributed by atoms with Crippen LogP contribution in [0.4, 0.5) is 0 Å². The molecule has 0 aliphatic rings. The van der Waals surface area contributed by atoms with E-state index in [0.717, 1.165) is 6.42 Å². The maximum Gasteiger partial charge on any atom is 0.327 e. The van der Waals surface area contributed by atoms with Crippen LogP contribution in [0.3, 0.4) is 0 Å². The lowest BCUT2D eigenvalue weighted by Gasteiger charge is -2.26. The predicted octanol–water partition coefficient (Wildman–Crippen LogP) is -1.95. The number of carboxylic acids is 1. The molecule has 180 valence electrons. The fraction of sp³-hybridized carbons (Fsp3) is 0.778. The van der Waals surface area contributed by atoms with Crippen LogP contribution >= 0.6 is 24.4 Å². The highest BCUT2D eigenvalue weighted by atomic mass is 32.2. The zero-order valence-corrected chi connectivity index (χ0v) is 19.6. The van der Waals surface area contributed by atoms with Gasteiger partial charge < -0.3 is 37.6 Å². The molecule has 0 aliphatic heterocycles. The van der Waals surface area contributed by atoms with Gasteiger partial charge in [0.05, 0.1) is 12.1 Å². The molecular formula is C18H35N5O6S2. The minimum Gasteiger partial charge on any atom is -0.480 e. The molecule has 31 heavy (non-hydrogen) atoms. The normalized spacial score (nSPS) is 15.8. The highest BCUT2D eigenvalue weighted by Gasteiger charge is 2.32. The van der Waals surface area contributed by atoms with E-state index in [1.807, 2.05) is 6.26 Å². The summed E-state index contributed by atoms with van der Waals surface area (Å²) in [7, 11) is 0. The Morgan fingerprint density at radius 3 is 2.10 bits per heavy atom. The van der Waals surface area contributed by atoms with Gasteiger partial charge in [0.1, 0.15) is 18.1 Å². The third-order valence-corrected chi connectivity index (χ3v) is 5.42. The van der Waals surface area contributed by atoms with Crippen LogP contribution in [0.1, 0.15) is 32.6 Å². The molecule has 0 rings (SSSR count). The molecule has 0 aromatic rings. The van der Waals surface area contributed by atoms with E-state index in [1.54, 1.807) is 0 Å². The second-order valence-electron chi connectivity index (χ2n) is 7.04. The number of amides is 3. The molecule has 5 atom stereocenters. The van der Waals surface area contributed by atoms with Crippen LogP contribution in [0, 0.1) is 0 Å². The van der Waals surface area contributed by atoms with Crippen LogP contribution in [-0.2, 0) is 19.2 Å². The third-order valence-electron chi connectivity index (χ3n) is 4.41. The number of thiol groups is 1. The summed E-state index contributed by atoms with van der Waals surface area (Å²) < 4.78 is 0. The molecule has 3 amide bonds. The van der Waals surface area contributed by atoms with Gasteiger partial charge in [-0.3, -0.25) is 14.4 Å². The van der Waals surface area contributed by atoms with Crippen molar-refractivity contribution in [1.29, 1.82) is 0 Å². The molecule has 9 N–H and O–H groups in total. The minimum atomic E-state index is -1.42. The van der Waals surface area contributed by atoms with Crippen LogP contribution < -0.4 is 27.4 Å². The summed E-state index contributed by atoms with van der Waals surface area (Å²) in [5.74, 6) is -2.98. The highest BCUT2D eigenvalue weighted by Crippen LogP contribution is 2.05. The Balaban J connectivity index is 5.20. The molecule has 0 bridgehead atoms. The summed E-state index contributed by atoms with van der Waals surface area (Å²) in [6.07, 6.45) is 2.62. The van der Waals surface area contributed by atoms with Crippen molar-refractivity contribution in [2.45, 2.75) is 62.9 Å². The van der Waals surface area contributed by atoms with Crippen molar-refractivity contribution in [2.75, 3.05) is 24.3 Å². The van der Waals surface area contributed by atoms with Crippen LogP contribution in [0.2, 0.25) is 0 Å². The van der Waals surface area contributed by atoms with Gasteiger partial charge in [-0.2, -0.15) is 24.4 Å². The van der Waals surface area contributed by atoms with E-state index in [4.69, 9.17) is 16.6 Å². The average molecular weight is 482 g/mol. The number of thioether (sulfide) groups is 1. The first-order chi connectivity index (χ1) is 14.6. The number of carbonyl (C=O) groups is 4. The average Bonchev–Trinajstić information content (AvgIpc) is 2.72. The Morgan fingerprint density at radius 1 is 1.00 bits per heavy atom. The summed E-state index contributed by atoms with van der Waals surface area (Å²) in [5, 5.41) is 26.2. The summed E-state index contributed by atoms with van der Waals surface area (Å²) in [6, 6.07) is -4.48. The maximum atomic E-state index is 12.8. The van der Waals surface area contributed by atoms with E-state index in [0.29, 0.717) is 25.1 Å². The van der Waals surface area contributed by atoms with E-state index in [9.17, 15) is 24.3 Å². The van der Waals surface area contributed by atoms with Gasteiger partial charge in [-0.1, -0.05) is 6.42 Å². The van der Waals surface area contributed by atoms with Gasteiger partial charge in [-0.15, -0.1) is 0 Å². The summed E-state index contributed by atoms with van der Waals surface area (Å²) >= 11 is 5.33. The lowest BCUT2D eigenvalue weighted by atomic mass is 10.1. The lowest BCUT2D eigenvalue weighted by Crippen LogP contribution is -2.60. The number of carbonyl (C=O) groups excluding carboxylic acids is 3. The van der Waals surface area contributed by atoms with Crippen LogP contribution in [0.5, 0.6) is 0 Å². The number of carboxylic acid groups (broad SMARTS) is 1. The molecule has 13 heteroatoms. The lowest BCUT2D eigenvalue weighted by molar-refractivity contribution is -0.142. The molecule has 0 heterocycles. The van der Waals surface area contributed by atoms with E-state index < -0.39 is 54.0 Å². The van der Waals surface area contributed by atoms with Crippen molar-refractivity contribution in [3.8, 4) is 0 Å². The maximum absolute atomic E-state index is 12.8. The Hall–Kier alpha value is -1.54. The van der Waals surface area contributed by atoms with E-state index >= 15 is 0 Å². The van der Waals surface area contributed by atoms with Crippen molar-refractivity contribution in [2.24, 2.45) is 11.5 Å². The highest BCUT2D eigenvalue weighted by molar-refractivity contribution is 7.98. The van der Waals surface area contributed by atoms with Gasteiger partial charge in [0.2, 0.25) is 17.7 Å². The number of nitrogens with two attached hydrogens (primary N) is 2. The summed E-state index contributed by atoms with van der Waals surface area (Å²) in [6.45, 7) is 1.77. The quantitative estimate of drug-likeness (QED) is 0.0911. The van der Waals surface area contributed by atoms with E-state index in [2.05, 4.69) is 28.6 Å². The molecule has 0 spiro atoms. The largest absolute Gasteiger partial charge is 0.480 e. The molecule has 0 fully saturated rings. The third kappa shape index (κ3) is 11.6. The first-order valence-corrected chi connectivity index (χ1v) is 12.0. The molecular weight excluding hydrogens is 446 g/mol. The van der Waals surface area contributed by atoms with Gasteiger partial charge in [0.15, 0.2) is 0 Å². The smallest absolute Gasteiger partial charge is 0.327 e. The Morgan fingerprint density at radius 2 is 1.61 bits per heavy atom. The molecule has 5 unspecified atom stereocenters. The fourth-order valence-electron chi connectivity index (χ4n) is 2.53. The molecule has 0 saturated carbocycles. The molecule has 0 aliphatic carbocycles. The summed E-state index contributed by atoms with van der Waals surface area (Å²) in [5.41, 5.74) is 11.3. The Bertz CT molecular complexity index is 596. The number of unbranched alkanes of at least 4 members (excludes halogenated alkanes) is 1. The van der Waals surface area contributed by atoms with E-state index in [1.165, 1.54) is 18.7 Å². The van der Waals surface area contributed by atoms with Crippen molar-refractivity contribution >= 4 is 48.1 Å². The SMILES string of the molecule is CSCCC(NC(=O)C(N)CCCCN)C(=O)NC(C(=O)NC(CS)C(=O)O)C(C)O. The van der Waals surface area contributed by atoms with Gasteiger partial charge in [0.25, 0.3) is 0 Å². The Labute approximate surface area is 192 Å². The van der Waals surface area contributed by atoms with Crippen molar-refractivity contribution in [1.82, 2.24) is 16.0 Å². The molecule has 0 radical (unpaired) electrons. The number of aliphatic carboxylic acids is 1. The number of hydrogen-bond donors (Lipinski definition) is 8. The number of nitrogens with one attached hydrogen (secondary N) is 3. The molecule has 0 aromatic carbocycles. The van der Waals surface area contributed by atoms with Crippen molar-refractivity contribution < 1.29 is 29.4 Å². The zero-order valence-electron chi connectivity index (χ0n) is 17.9. The monoisotopic (exact) mass is 481 g/mol. The number of aliphatic hydroxyl groups excluding tert-OH is 1. The van der Waals surface area contributed by atoms with Crippen LogP contribution in [0.25, 0.3) is 0 Å². The zero-order chi connectivity index (χ0) is 24.0. The Kier molecular flexibility index (Phi) is 15.3. The first kappa shape index (κ1) is 29.5. The second kappa shape index (κ2) is 16.1. The molecule has 0 saturated heterocycles. The van der Waals surface area contributed by atoms with Gasteiger partial charge in [0, 0.05) is 5.75 Å². The second-order valence-corrected chi connectivity index (χ2v) is 8.39. The minimum absolute atomic E-state index is 0.171. The van der Waals surface area contributed by atoms with E-state index in [-0.39, 0.29) is 12.2 Å². The van der Waals surface area contributed by atoms with Gasteiger partial charge in [-0.05, 0) is 44.7 Å². The fourth-order valence-corrected chi connectivity index (χ4v) is 3.25. The first-order valence-electron chi connectivity index (χ1n) is 9.96. The van der Waals surface area contributed by atoms with Crippen molar-refractivity contribution in [3.05, 3.63) is 0 Å². The molecule has 11 nitrogen and oxygen atoms in total. The van der Waals surface area contributed by atoms with Crippen LogP contribution in [0.15, 0.2) is 0 Å². The van der Waals surface area contributed by atoms with Gasteiger partial charge >= 0.3 is 5.97 Å². The number of aliphatic hydroxyl groups is 1. The van der Waals surface area contributed by atoms with Gasteiger partial charge in [-0.25, -0.2) is 4.79 Å². The number of hydrogen-bond acceptors (Lipinski definition) is 9. The topological polar surface area (TPSA) is 197 Å². The predicted molar refractivity (Wildman–Crippen MR) is 123 cm³/mol. The van der Waals surface area contributed by atoms with Crippen LogP contribution in [-0.4, -0.2) is 88.5 Å². The number of rotatable bonds is 16.